The van der Waals surface area contributed by atoms with E-state index in [1.165, 1.54) is 0 Å². The summed E-state index contributed by atoms with van der Waals surface area (Å²) in [6.45, 7) is 4.39. The van der Waals surface area contributed by atoms with Gasteiger partial charge in [0.05, 0.1) is 0 Å². The van der Waals surface area contributed by atoms with Crippen LogP contribution in [0.3, 0.4) is 0 Å². The van der Waals surface area contributed by atoms with Crippen molar-refractivity contribution in [2.45, 2.75) is 26.7 Å². The van der Waals surface area contributed by atoms with Crippen molar-refractivity contribution in [1.29, 1.82) is 0 Å². The zero-order chi connectivity index (χ0) is 8.91. The topological polar surface area (TPSA) is 66.4 Å². The Labute approximate surface area is 67.9 Å². The maximum absolute atomic E-state index is 10.1. The second-order valence-electron chi connectivity index (χ2n) is 2.67. The second-order valence-corrected chi connectivity index (χ2v) is 3.91. The molecule has 0 fully saturated rings. The van der Waals surface area contributed by atoms with Gasteiger partial charge in [0.15, 0.2) is 0 Å². The predicted octanol–water partition coefficient (Wildman–Crippen LogP) is 0.815. The van der Waals surface area contributed by atoms with E-state index in [2.05, 4.69) is 0 Å². The summed E-state index contributed by atoms with van der Waals surface area (Å²) in [6.07, 6.45) is 1.78. The predicted molar refractivity (Wildman–Crippen MR) is 43.6 cm³/mol. The van der Waals surface area contributed by atoms with E-state index < -0.39 is 10.3 Å². The van der Waals surface area contributed by atoms with Crippen LogP contribution >= 0.6 is 0 Å². The van der Waals surface area contributed by atoms with Crippen molar-refractivity contribution in [3.63, 3.8) is 0 Å². The van der Waals surface area contributed by atoms with E-state index in [1.807, 2.05) is 18.6 Å². The van der Waals surface area contributed by atoms with Gasteiger partial charge in [0.1, 0.15) is 0 Å². The molecule has 0 aromatic rings. The van der Waals surface area contributed by atoms with Crippen LogP contribution in [0.1, 0.15) is 26.7 Å². The van der Waals surface area contributed by atoms with E-state index in [1.54, 1.807) is 0 Å². The Morgan fingerprint density at radius 2 is 2.09 bits per heavy atom. The molecular weight excluding hydrogens is 166 g/mol. The Morgan fingerprint density at radius 3 is 2.45 bits per heavy atom. The van der Waals surface area contributed by atoms with E-state index >= 15 is 0 Å². The Hall–Kier alpha value is -0.130. The average Bonchev–Trinajstić information content (AvgIpc) is 1.85. The minimum atomic E-state index is -3.98. The largest absolute Gasteiger partial charge is 0.333 e. The lowest BCUT2D eigenvalue weighted by Gasteiger charge is -2.06. The molecule has 4 nitrogen and oxygen atoms in total. The maximum atomic E-state index is 10.1. The smallest absolute Gasteiger partial charge is 0.273 e. The highest BCUT2D eigenvalue weighted by molar-refractivity contribution is 7.83. The molecule has 0 spiro atoms. The summed E-state index contributed by atoms with van der Waals surface area (Å²) in [5, 5.41) is 0. The molecule has 0 aliphatic heterocycles. The fourth-order valence-electron chi connectivity index (χ4n) is 0.638. The summed E-state index contributed by atoms with van der Waals surface area (Å²) >= 11 is 0. The van der Waals surface area contributed by atoms with Crippen molar-refractivity contribution in [2.75, 3.05) is 6.54 Å². The van der Waals surface area contributed by atoms with Gasteiger partial charge in [0.2, 0.25) is 0 Å². The molecular formula is C6H15NO3S. The van der Waals surface area contributed by atoms with Crippen molar-refractivity contribution < 1.29 is 13.0 Å². The van der Waals surface area contributed by atoms with Crippen LogP contribution in [0.25, 0.3) is 0 Å². The lowest BCUT2D eigenvalue weighted by molar-refractivity contribution is 0.454. The van der Waals surface area contributed by atoms with E-state index in [0.29, 0.717) is 12.5 Å². The summed E-state index contributed by atoms with van der Waals surface area (Å²) < 4.78 is 30.6. The third kappa shape index (κ3) is 7.77. The Morgan fingerprint density at radius 1 is 1.55 bits per heavy atom. The third-order valence-corrected chi connectivity index (χ3v) is 2.19. The van der Waals surface area contributed by atoms with Gasteiger partial charge in [-0.3, -0.25) is 4.55 Å². The fourth-order valence-corrected chi connectivity index (χ4v) is 1.01. The number of hydrogen-bond donors (Lipinski definition) is 2. The summed E-state index contributed by atoms with van der Waals surface area (Å²) in [7, 11) is -3.98. The molecule has 11 heavy (non-hydrogen) atoms. The van der Waals surface area contributed by atoms with Gasteiger partial charge in [-0.05, 0) is 12.3 Å². The number of nitrogens with one attached hydrogen (secondary N) is 1. The highest BCUT2D eigenvalue weighted by Gasteiger charge is 2.03. The molecule has 1 atom stereocenters. The molecule has 0 bridgehead atoms. The first-order chi connectivity index (χ1) is 4.95. The van der Waals surface area contributed by atoms with E-state index in [4.69, 9.17) is 4.55 Å². The summed E-state index contributed by atoms with van der Waals surface area (Å²) in [6, 6.07) is 0. The van der Waals surface area contributed by atoms with Crippen LogP contribution in [0.5, 0.6) is 0 Å². The summed E-state index contributed by atoms with van der Waals surface area (Å²) in [5.74, 6) is 0.490. The van der Waals surface area contributed by atoms with Crippen LogP contribution < -0.4 is 4.72 Å². The Balaban J connectivity index is 3.43. The average molecular weight is 181 g/mol. The molecule has 0 saturated heterocycles. The van der Waals surface area contributed by atoms with Gasteiger partial charge < -0.3 is 0 Å². The van der Waals surface area contributed by atoms with Gasteiger partial charge in [-0.15, -0.1) is 0 Å². The van der Waals surface area contributed by atoms with Gasteiger partial charge >= 0.3 is 10.3 Å². The van der Waals surface area contributed by atoms with Crippen LogP contribution in [-0.4, -0.2) is 19.5 Å². The first-order valence-corrected chi connectivity index (χ1v) is 5.11. The van der Waals surface area contributed by atoms with E-state index in [0.717, 1.165) is 12.8 Å². The van der Waals surface area contributed by atoms with Crippen LogP contribution in [-0.2, 0) is 10.3 Å². The van der Waals surface area contributed by atoms with Crippen LogP contribution in [0.4, 0.5) is 0 Å². The quantitative estimate of drug-likeness (QED) is 0.617. The van der Waals surface area contributed by atoms with E-state index in [-0.39, 0.29) is 0 Å². The summed E-state index contributed by atoms with van der Waals surface area (Å²) in [5.41, 5.74) is 0. The highest BCUT2D eigenvalue weighted by atomic mass is 32.2. The first-order valence-electron chi connectivity index (χ1n) is 3.67. The van der Waals surface area contributed by atoms with Crippen molar-refractivity contribution in [3.8, 4) is 0 Å². The molecule has 0 radical (unpaired) electrons. The zero-order valence-electron chi connectivity index (χ0n) is 6.87. The molecule has 2 N–H and O–H groups in total. The number of hydrogen-bond acceptors (Lipinski definition) is 2. The zero-order valence-corrected chi connectivity index (χ0v) is 7.69. The SMILES string of the molecule is CCC(C)CCNS(=O)(=O)O. The van der Waals surface area contributed by atoms with Crippen molar-refractivity contribution >= 4 is 10.3 Å². The van der Waals surface area contributed by atoms with Crippen LogP contribution in [0.15, 0.2) is 0 Å². The normalized spacial score (nSPS) is 14.8. The molecule has 1 unspecified atom stereocenters. The summed E-state index contributed by atoms with van der Waals surface area (Å²) in [4.78, 5) is 0. The molecule has 0 aromatic heterocycles. The molecule has 0 aliphatic rings. The van der Waals surface area contributed by atoms with Gasteiger partial charge in [0.25, 0.3) is 0 Å². The van der Waals surface area contributed by atoms with Gasteiger partial charge in [-0.25, -0.2) is 0 Å². The monoisotopic (exact) mass is 181 g/mol. The van der Waals surface area contributed by atoms with E-state index in [9.17, 15) is 8.42 Å². The second kappa shape index (κ2) is 4.69. The molecule has 0 aliphatic carbocycles. The Kier molecular flexibility index (Phi) is 4.63. The van der Waals surface area contributed by atoms with Crippen LogP contribution in [0.2, 0.25) is 0 Å². The molecule has 0 heterocycles. The molecule has 0 saturated carbocycles. The lowest BCUT2D eigenvalue weighted by Crippen LogP contribution is -2.24. The molecule has 68 valence electrons. The molecule has 5 heteroatoms. The standard InChI is InChI=1S/C6H15NO3S/c1-3-6(2)4-5-7-11(8,9)10/h6-7H,3-5H2,1-2H3,(H,8,9,10). The fraction of sp³-hybridized carbons (Fsp3) is 1.00. The highest BCUT2D eigenvalue weighted by Crippen LogP contribution is 2.04. The van der Waals surface area contributed by atoms with Gasteiger partial charge in [-0.1, -0.05) is 20.3 Å². The van der Waals surface area contributed by atoms with Gasteiger partial charge in [0, 0.05) is 6.54 Å². The van der Waals surface area contributed by atoms with Crippen molar-refractivity contribution in [2.24, 2.45) is 5.92 Å². The van der Waals surface area contributed by atoms with Crippen LogP contribution in [0, 0.1) is 5.92 Å². The van der Waals surface area contributed by atoms with Gasteiger partial charge in [-0.2, -0.15) is 13.1 Å². The third-order valence-electron chi connectivity index (χ3n) is 1.62. The molecule has 0 amide bonds. The lowest BCUT2D eigenvalue weighted by atomic mass is 10.1. The first kappa shape index (κ1) is 10.9. The van der Waals surface area contributed by atoms with Crippen molar-refractivity contribution in [1.82, 2.24) is 4.72 Å². The molecule has 0 aromatic carbocycles. The Bertz CT molecular complexity index is 188. The molecule has 0 rings (SSSR count). The minimum Gasteiger partial charge on any atom is -0.273 e. The number of rotatable bonds is 5. The maximum Gasteiger partial charge on any atom is 0.333 e. The minimum absolute atomic E-state index is 0.313. The van der Waals surface area contributed by atoms with Crippen molar-refractivity contribution in [3.05, 3.63) is 0 Å².